The van der Waals surface area contributed by atoms with Crippen molar-refractivity contribution < 1.29 is 4.79 Å². The summed E-state index contributed by atoms with van der Waals surface area (Å²) in [6, 6.07) is 8.23. The van der Waals surface area contributed by atoms with Crippen LogP contribution in [0.1, 0.15) is 12.0 Å². The minimum atomic E-state index is 0.0239. The number of hydrogen-bond donors (Lipinski definition) is 2. The number of piperazine rings is 1. The van der Waals surface area contributed by atoms with Gasteiger partial charge in [0, 0.05) is 18.8 Å². The molecule has 1 aromatic carbocycles. The van der Waals surface area contributed by atoms with Crippen LogP contribution in [0.25, 0.3) is 0 Å². The summed E-state index contributed by atoms with van der Waals surface area (Å²) < 4.78 is 0. The van der Waals surface area contributed by atoms with Crippen molar-refractivity contribution >= 4 is 11.6 Å². The van der Waals surface area contributed by atoms with Crippen LogP contribution in [0.2, 0.25) is 0 Å². The second kappa shape index (κ2) is 3.57. The van der Waals surface area contributed by atoms with Crippen LogP contribution in [0, 0.1) is 0 Å². The van der Waals surface area contributed by atoms with Gasteiger partial charge in [0.05, 0.1) is 12.1 Å². The Kier molecular flexibility index (Phi) is 2.19. The predicted octanol–water partition coefficient (Wildman–Crippen LogP) is 0.222. The maximum atomic E-state index is 12.1. The molecule has 16 heavy (non-hydrogen) atoms. The summed E-state index contributed by atoms with van der Waals surface area (Å²) in [5.74, 6) is 0.192. The van der Waals surface area contributed by atoms with E-state index in [0.717, 1.165) is 24.2 Å². The molecule has 84 valence electrons. The lowest BCUT2D eigenvalue weighted by atomic mass is 10.1. The highest BCUT2D eigenvalue weighted by Crippen LogP contribution is 2.32. The van der Waals surface area contributed by atoms with Crippen LogP contribution < -0.4 is 16.0 Å². The fourth-order valence-electron chi connectivity index (χ4n) is 2.68. The molecule has 4 nitrogen and oxygen atoms in total. The first-order chi connectivity index (χ1) is 7.81. The van der Waals surface area contributed by atoms with Crippen molar-refractivity contribution in [1.82, 2.24) is 5.32 Å². The molecule has 0 aliphatic carbocycles. The Labute approximate surface area is 94.4 Å². The molecule has 0 radical (unpaired) electrons. The summed E-state index contributed by atoms with van der Waals surface area (Å²) >= 11 is 0. The minimum Gasteiger partial charge on any atom is -0.326 e. The van der Waals surface area contributed by atoms with Crippen molar-refractivity contribution in [2.75, 3.05) is 11.4 Å². The monoisotopic (exact) mass is 217 g/mol. The number of carbonyl (C=O) groups is 1. The van der Waals surface area contributed by atoms with Gasteiger partial charge in [-0.3, -0.25) is 4.79 Å². The predicted molar refractivity (Wildman–Crippen MR) is 62.0 cm³/mol. The van der Waals surface area contributed by atoms with Gasteiger partial charge in [-0.15, -0.1) is 0 Å². The third-order valence-electron chi connectivity index (χ3n) is 3.48. The highest BCUT2D eigenvalue weighted by Gasteiger charge is 2.45. The van der Waals surface area contributed by atoms with Gasteiger partial charge < -0.3 is 16.0 Å². The van der Waals surface area contributed by atoms with Crippen LogP contribution in [0.5, 0.6) is 0 Å². The highest BCUT2D eigenvalue weighted by atomic mass is 16.2. The summed E-state index contributed by atoms with van der Waals surface area (Å²) in [5, 5.41) is 3.22. The van der Waals surface area contributed by atoms with Crippen LogP contribution in [0.15, 0.2) is 24.3 Å². The molecular weight excluding hydrogens is 202 g/mol. The van der Waals surface area contributed by atoms with Crippen molar-refractivity contribution in [3.63, 3.8) is 0 Å². The Hall–Kier alpha value is -1.39. The number of rotatable bonds is 2. The third kappa shape index (κ3) is 1.27. The van der Waals surface area contributed by atoms with Crippen LogP contribution in [-0.4, -0.2) is 24.5 Å². The Bertz CT molecular complexity index is 432. The van der Waals surface area contributed by atoms with Crippen molar-refractivity contribution in [3.8, 4) is 0 Å². The molecule has 0 aromatic heterocycles. The summed E-state index contributed by atoms with van der Waals surface area (Å²) in [4.78, 5) is 14.0. The van der Waals surface area contributed by atoms with E-state index in [-0.39, 0.29) is 11.9 Å². The summed E-state index contributed by atoms with van der Waals surface area (Å²) in [6.45, 7) is 1.38. The lowest BCUT2D eigenvalue weighted by Gasteiger charge is -2.29. The van der Waals surface area contributed by atoms with Gasteiger partial charge in [0.25, 0.3) is 0 Å². The van der Waals surface area contributed by atoms with Crippen molar-refractivity contribution in [3.05, 3.63) is 29.8 Å². The normalized spacial score (nSPS) is 27.8. The molecule has 2 heterocycles. The molecule has 1 amide bonds. The second-order valence-corrected chi connectivity index (χ2v) is 4.39. The minimum absolute atomic E-state index is 0.0239. The number of nitrogens with two attached hydrogens (primary N) is 1. The molecule has 0 spiro atoms. The van der Waals surface area contributed by atoms with E-state index in [1.165, 1.54) is 0 Å². The molecule has 2 aliphatic heterocycles. The summed E-state index contributed by atoms with van der Waals surface area (Å²) in [6.07, 6.45) is 0.928. The van der Waals surface area contributed by atoms with Gasteiger partial charge in [-0.2, -0.15) is 0 Å². The van der Waals surface area contributed by atoms with Gasteiger partial charge in [0.2, 0.25) is 5.91 Å². The molecule has 1 aromatic rings. The Balaban J connectivity index is 2.01. The van der Waals surface area contributed by atoms with Crippen molar-refractivity contribution in [1.29, 1.82) is 0 Å². The van der Waals surface area contributed by atoms with Crippen LogP contribution in [-0.2, 0) is 11.3 Å². The van der Waals surface area contributed by atoms with E-state index in [4.69, 9.17) is 5.73 Å². The number of nitrogens with one attached hydrogen (secondary N) is 1. The quantitative estimate of drug-likeness (QED) is 0.745. The molecule has 4 heteroatoms. The zero-order valence-electron chi connectivity index (χ0n) is 9.02. The smallest absolute Gasteiger partial charge is 0.244 e. The first-order valence-electron chi connectivity index (χ1n) is 5.65. The summed E-state index contributed by atoms with van der Waals surface area (Å²) in [7, 11) is 0. The fraction of sp³-hybridized carbons (Fsp3) is 0.417. The third-order valence-corrected chi connectivity index (χ3v) is 3.48. The van der Waals surface area contributed by atoms with E-state index in [1.54, 1.807) is 0 Å². The van der Waals surface area contributed by atoms with Crippen LogP contribution >= 0.6 is 0 Å². The van der Waals surface area contributed by atoms with E-state index >= 15 is 0 Å². The molecule has 0 saturated carbocycles. The number of fused-ring (bicyclic) bond motifs is 2. The number of nitrogens with zero attached hydrogens (tertiary/aromatic N) is 1. The Morgan fingerprint density at radius 1 is 1.44 bits per heavy atom. The number of para-hydroxylation sites is 1. The number of anilines is 1. The highest BCUT2D eigenvalue weighted by molar-refractivity contribution is 6.01. The number of benzene rings is 1. The van der Waals surface area contributed by atoms with Crippen LogP contribution in [0.4, 0.5) is 5.69 Å². The van der Waals surface area contributed by atoms with Gasteiger partial charge >= 0.3 is 0 Å². The lowest BCUT2D eigenvalue weighted by molar-refractivity contribution is -0.119. The van der Waals surface area contributed by atoms with E-state index < -0.39 is 0 Å². The van der Waals surface area contributed by atoms with Crippen molar-refractivity contribution in [2.24, 2.45) is 5.73 Å². The molecule has 2 fully saturated rings. The zero-order valence-corrected chi connectivity index (χ0v) is 9.02. The van der Waals surface area contributed by atoms with E-state index in [1.807, 2.05) is 29.2 Å². The van der Waals surface area contributed by atoms with Gasteiger partial charge in [-0.05, 0) is 18.1 Å². The molecular formula is C12H15N3O. The zero-order chi connectivity index (χ0) is 11.1. The van der Waals surface area contributed by atoms with Crippen molar-refractivity contribution in [2.45, 2.75) is 25.0 Å². The first kappa shape index (κ1) is 9.81. The first-order valence-corrected chi connectivity index (χ1v) is 5.65. The lowest BCUT2D eigenvalue weighted by Crippen LogP contribution is -2.48. The molecule has 2 unspecified atom stereocenters. The van der Waals surface area contributed by atoms with E-state index in [2.05, 4.69) is 5.32 Å². The van der Waals surface area contributed by atoms with E-state index in [9.17, 15) is 4.79 Å². The number of carbonyl (C=O) groups excluding carboxylic acids is 1. The largest absolute Gasteiger partial charge is 0.326 e. The van der Waals surface area contributed by atoms with Gasteiger partial charge in [-0.1, -0.05) is 18.2 Å². The molecule has 3 N–H and O–H groups in total. The second-order valence-electron chi connectivity index (χ2n) is 4.39. The Morgan fingerprint density at radius 3 is 2.94 bits per heavy atom. The number of amides is 1. The topological polar surface area (TPSA) is 58.4 Å². The molecule has 3 rings (SSSR count). The van der Waals surface area contributed by atoms with E-state index in [0.29, 0.717) is 12.6 Å². The van der Waals surface area contributed by atoms with Crippen LogP contribution in [0.3, 0.4) is 0 Å². The molecule has 2 saturated heterocycles. The fourth-order valence-corrected chi connectivity index (χ4v) is 2.68. The maximum Gasteiger partial charge on any atom is 0.244 e. The Morgan fingerprint density at radius 2 is 2.25 bits per heavy atom. The molecule has 2 aliphatic rings. The maximum absolute atomic E-state index is 12.1. The van der Waals surface area contributed by atoms with Gasteiger partial charge in [-0.25, -0.2) is 0 Å². The molecule has 2 atom stereocenters. The average Bonchev–Trinajstić information content (AvgIpc) is 2.89. The molecule has 2 bridgehead atoms. The SMILES string of the molecule is NCc1ccccc1N1C(=O)C2CC1CN2. The van der Waals surface area contributed by atoms with Gasteiger partial charge in [0.1, 0.15) is 0 Å². The number of hydrogen-bond acceptors (Lipinski definition) is 3. The average molecular weight is 217 g/mol. The standard InChI is InChI=1S/C12H15N3O/c13-6-8-3-1-2-4-11(8)15-9-5-10(12(15)16)14-7-9/h1-4,9-10,14H,5-7,13H2. The van der Waals surface area contributed by atoms with Gasteiger partial charge in [0.15, 0.2) is 0 Å². The summed E-state index contributed by atoms with van der Waals surface area (Å²) in [5.41, 5.74) is 7.74.